The minimum Gasteiger partial charge on any atom is -0.464 e. The zero-order chi connectivity index (χ0) is 14.0. The number of nitrogens with zero attached hydrogens (tertiary/aromatic N) is 1. The van der Waals surface area contributed by atoms with Crippen molar-refractivity contribution in [3.63, 3.8) is 0 Å². The zero-order valence-electron chi connectivity index (χ0n) is 10.3. The fraction of sp³-hybridized carbons (Fsp3) is 0.154. The van der Waals surface area contributed by atoms with Crippen molar-refractivity contribution in [2.75, 3.05) is 7.11 Å². The summed E-state index contributed by atoms with van der Waals surface area (Å²) in [5, 5.41) is 9.27. The van der Waals surface area contributed by atoms with Crippen LogP contribution >= 0.6 is 0 Å². The number of benzene rings is 1. The van der Waals surface area contributed by atoms with Crippen LogP contribution in [-0.4, -0.2) is 29.3 Å². The molecule has 0 aliphatic carbocycles. The van der Waals surface area contributed by atoms with Crippen LogP contribution in [0.1, 0.15) is 16.1 Å². The lowest BCUT2D eigenvalue weighted by Gasteiger charge is -2.07. The largest absolute Gasteiger partial charge is 0.511 e. The Balaban J connectivity index is 2.53. The van der Waals surface area contributed by atoms with Crippen molar-refractivity contribution >= 4 is 23.0 Å². The summed E-state index contributed by atoms with van der Waals surface area (Å²) in [4.78, 5) is 26.1. The van der Waals surface area contributed by atoms with E-state index < -0.39 is 12.1 Å². The summed E-state index contributed by atoms with van der Waals surface area (Å²) in [5.41, 5.74) is 1.55. The molecular formula is C13H11NO5. The molecule has 0 saturated heterocycles. The van der Waals surface area contributed by atoms with Crippen molar-refractivity contribution in [3.8, 4) is 5.75 Å². The van der Waals surface area contributed by atoms with E-state index in [0.717, 1.165) is 5.56 Å². The minimum absolute atomic E-state index is 0.204. The number of ether oxygens (including phenoxy) is 2. The van der Waals surface area contributed by atoms with E-state index in [1.807, 2.05) is 0 Å². The van der Waals surface area contributed by atoms with Gasteiger partial charge in [0.25, 0.3) is 0 Å². The van der Waals surface area contributed by atoms with Crippen molar-refractivity contribution in [2.45, 2.75) is 6.92 Å². The standard InChI is InChI=1S/C13H11NO5/c1-7-5-11(12(15)18-2)14-10-4-3-8(6-9(7)10)19-13(16)17/h3-6H,1-2H3,(H,16,17). The molecule has 0 bridgehead atoms. The second-order valence-electron chi connectivity index (χ2n) is 3.86. The van der Waals surface area contributed by atoms with Gasteiger partial charge >= 0.3 is 12.1 Å². The number of carbonyl (C=O) groups excluding carboxylic acids is 1. The number of esters is 1. The van der Waals surface area contributed by atoms with Gasteiger partial charge < -0.3 is 14.6 Å². The second kappa shape index (κ2) is 4.93. The van der Waals surface area contributed by atoms with E-state index in [2.05, 4.69) is 14.5 Å². The van der Waals surface area contributed by atoms with Crippen LogP contribution in [0.15, 0.2) is 24.3 Å². The number of aryl methyl sites for hydroxylation is 1. The van der Waals surface area contributed by atoms with Crippen molar-refractivity contribution < 1.29 is 24.2 Å². The molecule has 6 nitrogen and oxygen atoms in total. The summed E-state index contributed by atoms with van der Waals surface area (Å²) in [6, 6.07) is 6.21. The summed E-state index contributed by atoms with van der Waals surface area (Å²) >= 11 is 0. The van der Waals surface area contributed by atoms with Gasteiger partial charge in [-0.1, -0.05) is 0 Å². The number of carboxylic acid groups (broad SMARTS) is 1. The van der Waals surface area contributed by atoms with Gasteiger partial charge in [0.05, 0.1) is 12.6 Å². The lowest BCUT2D eigenvalue weighted by Crippen LogP contribution is -2.06. The first kappa shape index (κ1) is 12.8. The molecule has 0 saturated carbocycles. The summed E-state index contributed by atoms with van der Waals surface area (Å²) in [6.07, 6.45) is -1.38. The second-order valence-corrected chi connectivity index (χ2v) is 3.86. The van der Waals surface area contributed by atoms with Gasteiger partial charge in [-0.15, -0.1) is 0 Å². The molecule has 0 unspecified atom stereocenters. The first-order valence-electron chi connectivity index (χ1n) is 5.42. The molecule has 0 amide bonds. The number of hydrogen-bond donors (Lipinski definition) is 1. The fourth-order valence-corrected chi connectivity index (χ4v) is 1.75. The average Bonchev–Trinajstić information content (AvgIpc) is 2.37. The average molecular weight is 261 g/mol. The molecule has 0 fully saturated rings. The van der Waals surface area contributed by atoms with Crippen molar-refractivity contribution in [1.82, 2.24) is 4.98 Å². The maximum absolute atomic E-state index is 11.4. The van der Waals surface area contributed by atoms with Crippen LogP contribution < -0.4 is 4.74 Å². The number of fused-ring (bicyclic) bond motifs is 1. The van der Waals surface area contributed by atoms with E-state index in [1.54, 1.807) is 25.1 Å². The van der Waals surface area contributed by atoms with Crippen LogP contribution in [-0.2, 0) is 4.74 Å². The Kier molecular flexibility index (Phi) is 3.33. The molecule has 0 atom stereocenters. The van der Waals surface area contributed by atoms with E-state index in [-0.39, 0.29) is 11.4 Å². The van der Waals surface area contributed by atoms with Gasteiger partial charge in [0.1, 0.15) is 11.4 Å². The van der Waals surface area contributed by atoms with Crippen LogP contribution in [0.25, 0.3) is 10.9 Å². The number of rotatable bonds is 2. The van der Waals surface area contributed by atoms with Crippen LogP contribution in [0.3, 0.4) is 0 Å². The van der Waals surface area contributed by atoms with Gasteiger partial charge in [-0.05, 0) is 36.8 Å². The summed E-state index contributed by atoms with van der Waals surface area (Å²) in [5.74, 6) is -0.313. The monoisotopic (exact) mass is 261 g/mol. The number of hydrogen-bond acceptors (Lipinski definition) is 5. The smallest absolute Gasteiger partial charge is 0.464 e. The molecule has 0 aliphatic heterocycles. The Hall–Kier alpha value is -2.63. The molecule has 98 valence electrons. The number of pyridine rings is 1. The molecule has 19 heavy (non-hydrogen) atoms. The summed E-state index contributed by atoms with van der Waals surface area (Å²) in [6.45, 7) is 1.79. The molecule has 1 aromatic carbocycles. The summed E-state index contributed by atoms with van der Waals surface area (Å²) < 4.78 is 9.19. The highest BCUT2D eigenvalue weighted by atomic mass is 16.7. The Morgan fingerprint density at radius 3 is 2.63 bits per heavy atom. The molecule has 2 aromatic rings. The van der Waals surface area contributed by atoms with E-state index in [0.29, 0.717) is 10.9 Å². The zero-order valence-corrected chi connectivity index (χ0v) is 10.3. The highest BCUT2D eigenvalue weighted by Crippen LogP contribution is 2.23. The van der Waals surface area contributed by atoms with Crippen LogP contribution in [0.2, 0.25) is 0 Å². The van der Waals surface area contributed by atoms with Crippen LogP contribution in [0.5, 0.6) is 5.75 Å². The fourth-order valence-electron chi connectivity index (χ4n) is 1.75. The van der Waals surface area contributed by atoms with E-state index in [1.165, 1.54) is 13.2 Å². The predicted molar refractivity (Wildman–Crippen MR) is 66.5 cm³/mol. The highest BCUT2D eigenvalue weighted by molar-refractivity contribution is 5.93. The maximum atomic E-state index is 11.4. The number of carbonyl (C=O) groups is 2. The number of aromatic nitrogens is 1. The van der Waals surface area contributed by atoms with Crippen LogP contribution in [0, 0.1) is 6.92 Å². The molecule has 0 spiro atoms. The van der Waals surface area contributed by atoms with Crippen molar-refractivity contribution in [3.05, 3.63) is 35.5 Å². The summed E-state index contributed by atoms with van der Waals surface area (Å²) in [7, 11) is 1.29. The molecule has 0 aliphatic rings. The Labute approximate surface area is 108 Å². The van der Waals surface area contributed by atoms with Crippen molar-refractivity contribution in [1.29, 1.82) is 0 Å². The molecule has 1 heterocycles. The van der Waals surface area contributed by atoms with Crippen molar-refractivity contribution in [2.24, 2.45) is 0 Å². The van der Waals surface area contributed by atoms with E-state index in [9.17, 15) is 9.59 Å². The van der Waals surface area contributed by atoms with E-state index in [4.69, 9.17) is 5.11 Å². The molecule has 1 N–H and O–H groups in total. The van der Waals surface area contributed by atoms with E-state index >= 15 is 0 Å². The Morgan fingerprint density at radius 1 is 1.26 bits per heavy atom. The molecule has 1 aromatic heterocycles. The van der Waals surface area contributed by atoms with Gasteiger partial charge in [-0.3, -0.25) is 0 Å². The topological polar surface area (TPSA) is 85.7 Å². The molecule has 6 heteroatoms. The molecule has 2 rings (SSSR count). The van der Waals surface area contributed by atoms with Gasteiger partial charge in [0.2, 0.25) is 0 Å². The molecule has 0 radical (unpaired) electrons. The number of methoxy groups -OCH3 is 1. The third-order valence-electron chi connectivity index (χ3n) is 2.59. The van der Waals surface area contributed by atoms with Gasteiger partial charge in [0, 0.05) is 5.39 Å². The first-order chi connectivity index (χ1) is 9.01. The Morgan fingerprint density at radius 2 is 2.00 bits per heavy atom. The third kappa shape index (κ3) is 2.62. The lowest BCUT2D eigenvalue weighted by molar-refractivity contribution is 0.0594. The lowest BCUT2D eigenvalue weighted by atomic mass is 10.1. The quantitative estimate of drug-likeness (QED) is 0.659. The maximum Gasteiger partial charge on any atom is 0.511 e. The minimum atomic E-state index is -1.38. The predicted octanol–water partition coefficient (Wildman–Crippen LogP) is 2.39. The normalized spacial score (nSPS) is 10.2. The Bertz CT molecular complexity index is 665. The van der Waals surface area contributed by atoms with Gasteiger partial charge in [-0.25, -0.2) is 14.6 Å². The molecular weight excluding hydrogens is 250 g/mol. The first-order valence-corrected chi connectivity index (χ1v) is 5.42. The SMILES string of the molecule is COC(=O)c1cc(C)c2cc(OC(=O)O)ccc2n1. The highest BCUT2D eigenvalue weighted by Gasteiger charge is 2.11. The van der Waals surface area contributed by atoms with Gasteiger partial charge in [0.15, 0.2) is 0 Å². The van der Waals surface area contributed by atoms with Crippen LogP contribution in [0.4, 0.5) is 4.79 Å². The third-order valence-corrected chi connectivity index (χ3v) is 2.59. The van der Waals surface area contributed by atoms with Gasteiger partial charge in [-0.2, -0.15) is 0 Å².